The van der Waals surface area contributed by atoms with Crippen molar-refractivity contribution >= 4 is 11.5 Å². The summed E-state index contributed by atoms with van der Waals surface area (Å²) in [7, 11) is 1.70. The van der Waals surface area contributed by atoms with Crippen LogP contribution in [0.25, 0.3) is 0 Å². The minimum absolute atomic E-state index is 0.0457. The van der Waals surface area contributed by atoms with Crippen molar-refractivity contribution in [1.29, 1.82) is 0 Å². The van der Waals surface area contributed by atoms with Crippen molar-refractivity contribution in [2.45, 2.75) is 19.4 Å². The lowest BCUT2D eigenvalue weighted by Crippen LogP contribution is -2.15. The Morgan fingerprint density at radius 2 is 2.29 bits per heavy atom. The lowest BCUT2D eigenvalue weighted by Gasteiger charge is -2.12. The molecule has 1 aromatic carbocycles. The normalized spacial score (nSPS) is 16.4. The molecule has 0 radical (unpaired) electrons. The number of hydrogen-bond donors (Lipinski definition) is 1. The second-order valence-electron chi connectivity index (χ2n) is 4.92. The van der Waals surface area contributed by atoms with E-state index in [2.05, 4.69) is 10.4 Å². The maximum Gasteiger partial charge on any atom is 0.334 e. The molecule has 1 aliphatic heterocycles. The fraction of sp³-hybridized carbons (Fsp3) is 0.357. The predicted octanol–water partition coefficient (Wildman–Crippen LogP) is 2.44. The summed E-state index contributed by atoms with van der Waals surface area (Å²) in [4.78, 5) is 10.9. The monoisotopic (exact) mass is 288 g/mol. The van der Waals surface area contributed by atoms with Gasteiger partial charge < -0.3 is 10.1 Å². The molecule has 0 bridgehead atoms. The second-order valence-corrected chi connectivity index (χ2v) is 4.92. The smallest absolute Gasteiger partial charge is 0.334 e. The number of benzene rings is 1. The van der Waals surface area contributed by atoms with Crippen LogP contribution < -0.4 is 10.1 Å². The van der Waals surface area contributed by atoms with Crippen molar-refractivity contribution in [3.05, 3.63) is 45.6 Å². The first-order valence-electron chi connectivity index (χ1n) is 6.80. The van der Waals surface area contributed by atoms with Crippen LogP contribution in [-0.2, 0) is 13.5 Å². The predicted molar refractivity (Wildman–Crippen MR) is 77.5 cm³/mol. The van der Waals surface area contributed by atoms with Crippen LogP contribution in [0.4, 0.5) is 11.5 Å². The van der Waals surface area contributed by atoms with Gasteiger partial charge in [-0.05, 0) is 12.5 Å². The van der Waals surface area contributed by atoms with Gasteiger partial charge in [-0.15, -0.1) is 0 Å². The lowest BCUT2D eigenvalue weighted by molar-refractivity contribution is -0.384. The fourth-order valence-electron chi connectivity index (χ4n) is 2.61. The van der Waals surface area contributed by atoms with E-state index in [4.69, 9.17) is 4.74 Å². The zero-order valence-corrected chi connectivity index (χ0v) is 11.9. The molecule has 110 valence electrons. The highest BCUT2D eigenvalue weighted by atomic mass is 16.6. The topological polar surface area (TPSA) is 82.2 Å². The van der Waals surface area contributed by atoms with Gasteiger partial charge in [0, 0.05) is 12.6 Å². The number of ether oxygens (including phenoxy) is 1. The Bertz CT molecular complexity index is 696. The van der Waals surface area contributed by atoms with E-state index in [1.165, 1.54) is 4.68 Å². The molecule has 1 atom stereocenters. The van der Waals surface area contributed by atoms with Crippen molar-refractivity contribution in [2.75, 3.05) is 11.9 Å². The second kappa shape index (κ2) is 5.08. The number of aryl methyl sites for hydroxylation is 2. The number of fused-ring (bicyclic) bond motifs is 1. The summed E-state index contributed by atoms with van der Waals surface area (Å²) < 4.78 is 7.12. The van der Waals surface area contributed by atoms with Gasteiger partial charge in [-0.3, -0.25) is 10.1 Å². The standard InChI is InChI=1S/C14H16N4O3/c1-3-10-13(18(19)20)14(17(2)16-10)15-11-8-21-12-7-5-4-6-9(11)12/h4-7,11,15H,3,8H2,1-2H3. The molecule has 1 unspecified atom stereocenters. The van der Waals surface area contributed by atoms with Crippen molar-refractivity contribution in [3.63, 3.8) is 0 Å². The molecule has 0 fully saturated rings. The number of rotatable bonds is 4. The van der Waals surface area contributed by atoms with E-state index in [-0.39, 0.29) is 16.7 Å². The SMILES string of the molecule is CCc1nn(C)c(NC2COc3ccccc32)c1[N+](=O)[O-]. The van der Waals surface area contributed by atoms with Crippen LogP contribution in [0.3, 0.4) is 0 Å². The van der Waals surface area contributed by atoms with Gasteiger partial charge in [0.25, 0.3) is 0 Å². The Morgan fingerprint density at radius 3 is 3.00 bits per heavy atom. The van der Waals surface area contributed by atoms with Crippen LogP contribution >= 0.6 is 0 Å². The molecule has 3 rings (SSSR count). The van der Waals surface area contributed by atoms with Crippen molar-refractivity contribution in [3.8, 4) is 5.75 Å². The highest BCUT2D eigenvalue weighted by Gasteiger charge is 2.30. The van der Waals surface area contributed by atoms with Crippen LogP contribution in [0.1, 0.15) is 24.2 Å². The first-order valence-corrected chi connectivity index (χ1v) is 6.80. The van der Waals surface area contributed by atoms with E-state index in [0.717, 1.165) is 11.3 Å². The molecular weight excluding hydrogens is 272 g/mol. The zero-order chi connectivity index (χ0) is 15.0. The number of nitro groups is 1. The third kappa shape index (κ3) is 2.20. The van der Waals surface area contributed by atoms with Gasteiger partial charge in [0.1, 0.15) is 18.1 Å². The molecule has 0 spiro atoms. The summed E-state index contributed by atoms with van der Waals surface area (Å²) in [6.07, 6.45) is 0.517. The molecular formula is C14H16N4O3. The lowest BCUT2D eigenvalue weighted by atomic mass is 10.1. The highest BCUT2D eigenvalue weighted by Crippen LogP contribution is 2.37. The van der Waals surface area contributed by atoms with Gasteiger partial charge in [-0.1, -0.05) is 25.1 Å². The minimum Gasteiger partial charge on any atom is -0.491 e. The number of nitrogens with zero attached hydrogens (tertiary/aromatic N) is 3. The van der Waals surface area contributed by atoms with Crippen LogP contribution in [0.5, 0.6) is 5.75 Å². The van der Waals surface area contributed by atoms with E-state index in [0.29, 0.717) is 24.5 Å². The van der Waals surface area contributed by atoms with E-state index in [1.54, 1.807) is 7.05 Å². The average Bonchev–Trinajstić information content (AvgIpc) is 3.02. The molecule has 1 aliphatic rings. The molecule has 0 saturated carbocycles. The third-order valence-corrected chi connectivity index (χ3v) is 3.62. The molecule has 0 saturated heterocycles. The minimum atomic E-state index is -0.379. The molecule has 0 amide bonds. The highest BCUT2D eigenvalue weighted by molar-refractivity contribution is 5.61. The summed E-state index contributed by atoms with van der Waals surface area (Å²) in [5.74, 6) is 1.23. The van der Waals surface area contributed by atoms with E-state index >= 15 is 0 Å². The molecule has 7 nitrogen and oxygen atoms in total. The van der Waals surface area contributed by atoms with E-state index in [9.17, 15) is 10.1 Å². The van der Waals surface area contributed by atoms with Gasteiger partial charge in [-0.2, -0.15) is 5.10 Å². The molecule has 21 heavy (non-hydrogen) atoms. The van der Waals surface area contributed by atoms with Gasteiger partial charge in [0.15, 0.2) is 0 Å². The number of para-hydroxylation sites is 1. The van der Waals surface area contributed by atoms with Gasteiger partial charge in [0.05, 0.1) is 11.0 Å². The number of aromatic nitrogens is 2. The summed E-state index contributed by atoms with van der Waals surface area (Å²) in [6, 6.07) is 7.58. The van der Waals surface area contributed by atoms with Gasteiger partial charge in [0.2, 0.25) is 5.82 Å². The first kappa shape index (κ1) is 13.4. The number of hydrogen-bond acceptors (Lipinski definition) is 5. The first-order chi connectivity index (χ1) is 10.1. The maximum atomic E-state index is 11.3. The van der Waals surface area contributed by atoms with E-state index < -0.39 is 0 Å². The summed E-state index contributed by atoms with van der Waals surface area (Å²) in [5, 5.41) is 18.7. The van der Waals surface area contributed by atoms with Gasteiger partial charge >= 0.3 is 5.69 Å². The summed E-state index contributed by atoms with van der Waals surface area (Å²) in [5.41, 5.74) is 1.53. The Morgan fingerprint density at radius 1 is 1.52 bits per heavy atom. The Kier molecular flexibility index (Phi) is 3.25. The molecule has 1 aromatic heterocycles. The van der Waals surface area contributed by atoms with Gasteiger partial charge in [-0.25, -0.2) is 4.68 Å². The fourth-order valence-corrected chi connectivity index (χ4v) is 2.61. The molecule has 1 N–H and O–H groups in total. The van der Waals surface area contributed by atoms with Crippen LogP contribution in [-0.4, -0.2) is 21.3 Å². The van der Waals surface area contributed by atoms with Crippen molar-refractivity contribution < 1.29 is 9.66 Å². The quantitative estimate of drug-likeness (QED) is 0.690. The Labute approximate surface area is 121 Å². The maximum absolute atomic E-state index is 11.3. The van der Waals surface area contributed by atoms with Crippen LogP contribution in [0, 0.1) is 10.1 Å². The number of nitrogens with one attached hydrogen (secondary N) is 1. The molecule has 2 heterocycles. The van der Waals surface area contributed by atoms with Crippen LogP contribution in [0.15, 0.2) is 24.3 Å². The van der Waals surface area contributed by atoms with Crippen molar-refractivity contribution in [2.24, 2.45) is 7.05 Å². The third-order valence-electron chi connectivity index (χ3n) is 3.62. The summed E-state index contributed by atoms with van der Waals surface area (Å²) >= 11 is 0. The molecule has 0 aliphatic carbocycles. The van der Waals surface area contributed by atoms with E-state index in [1.807, 2.05) is 31.2 Å². The summed E-state index contributed by atoms with van der Waals surface area (Å²) in [6.45, 7) is 2.30. The largest absolute Gasteiger partial charge is 0.491 e. The molecule has 2 aromatic rings. The molecule has 7 heteroatoms. The number of anilines is 1. The Balaban J connectivity index is 1.96. The zero-order valence-electron chi connectivity index (χ0n) is 11.9. The Hall–Kier alpha value is -2.57. The van der Waals surface area contributed by atoms with Crippen LogP contribution in [0.2, 0.25) is 0 Å². The average molecular weight is 288 g/mol. The van der Waals surface area contributed by atoms with Crippen molar-refractivity contribution in [1.82, 2.24) is 9.78 Å².